The number of aliphatic hydroxyl groups is 1. The van der Waals surface area contributed by atoms with Gasteiger partial charge in [0.25, 0.3) is 9.84 Å². The van der Waals surface area contributed by atoms with E-state index >= 15 is 0 Å². The number of alkyl halides is 3. The van der Waals surface area contributed by atoms with Gasteiger partial charge in [0.2, 0.25) is 0 Å². The number of halogens is 4. The number of nitrogens with zero attached hydrogens (tertiary/aromatic N) is 5. The number of nitrogens with one attached hydrogen (secondary N) is 1. The van der Waals surface area contributed by atoms with E-state index in [1.807, 2.05) is 99.6 Å². The number of aliphatic hydroxyl groups excluding tert-OH is 1. The molecule has 13 nitrogen and oxygen atoms in total. The number of piperidine rings is 1. The fourth-order valence-electron chi connectivity index (χ4n) is 10.6. The SMILES string of the molecule is Cc1c(S(C)(=O)=O)c(-c2cccc(N3CCN(c4ccc(N5CCO[P@@]5(=O)c5ccc(N[C@H](CCN6CCC(O)CC6)CSc6ccccc6)c(S(=O)(=O)C(F)(F)F)c5)cc4)CC3)c2)c(-c2ccc(Cl)cc2)n1C(C)C. The molecule has 3 aliphatic heterocycles. The monoisotopic (exact) mass is 1140 g/mol. The molecule has 9 rings (SSSR count). The zero-order valence-electron chi connectivity index (χ0n) is 42.8. The number of likely N-dealkylation sites (tertiary alicyclic amines) is 1. The van der Waals surface area contributed by atoms with E-state index in [1.165, 1.54) is 34.8 Å². The molecule has 3 saturated heterocycles. The molecule has 1 aromatic heterocycles. The minimum Gasteiger partial charge on any atom is -0.393 e. The Morgan fingerprint density at radius 3 is 2.07 bits per heavy atom. The second-order valence-electron chi connectivity index (χ2n) is 19.9. The van der Waals surface area contributed by atoms with Crippen molar-refractivity contribution in [1.29, 1.82) is 0 Å². The summed E-state index contributed by atoms with van der Waals surface area (Å²) >= 11 is 7.79. The second kappa shape index (κ2) is 22.8. The molecule has 5 aromatic carbocycles. The normalized spacial score (nSPS) is 18.7. The highest BCUT2D eigenvalue weighted by atomic mass is 35.5. The Hall–Kier alpha value is -4.98. The lowest BCUT2D eigenvalue weighted by Gasteiger charge is -2.37. The summed E-state index contributed by atoms with van der Waals surface area (Å²) in [5, 5.41) is 13.6. The number of thioether (sulfide) groups is 1. The van der Waals surface area contributed by atoms with Crippen LogP contribution in [0, 0.1) is 6.92 Å². The number of rotatable bonds is 17. The van der Waals surface area contributed by atoms with E-state index in [2.05, 4.69) is 24.6 Å². The second-order valence-corrected chi connectivity index (χ2v) is 27.5. The molecule has 21 heteroatoms. The van der Waals surface area contributed by atoms with Gasteiger partial charge in [0.15, 0.2) is 9.84 Å². The molecule has 3 fully saturated rings. The Morgan fingerprint density at radius 1 is 0.789 bits per heavy atom. The number of hydrogen-bond acceptors (Lipinski definition) is 12. The highest BCUT2D eigenvalue weighted by Gasteiger charge is 2.49. The molecule has 406 valence electrons. The maximum absolute atomic E-state index is 15.0. The van der Waals surface area contributed by atoms with Gasteiger partial charge in [0.05, 0.1) is 40.8 Å². The van der Waals surface area contributed by atoms with Gasteiger partial charge >= 0.3 is 13.0 Å². The average molecular weight is 1140 g/mol. The third kappa shape index (κ3) is 11.9. The van der Waals surface area contributed by atoms with Crippen molar-refractivity contribution < 1.29 is 44.2 Å². The van der Waals surface area contributed by atoms with Gasteiger partial charge in [-0.15, -0.1) is 11.8 Å². The highest BCUT2D eigenvalue weighted by molar-refractivity contribution is 7.99. The Kier molecular flexibility index (Phi) is 16.7. The first-order valence-corrected chi connectivity index (χ1v) is 31.7. The van der Waals surface area contributed by atoms with Crippen LogP contribution in [0.4, 0.5) is 35.9 Å². The molecule has 2 N–H and O–H groups in total. The van der Waals surface area contributed by atoms with Gasteiger partial charge in [-0.25, -0.2) is 16.8 Å². The first-order valence-electron chi connectivity index (χ1n) is 25.4. The van der Waals surface area contributed by atoms with Crippen LogP contribution < -0.4 is 25.1 Å². The van der Waals surface area contributed by atoms with Gasteiger partial charge in [-0.2, -0.15) is 13.2 Å². The summed E-state index contributed by atoms with van der Waals surface area (Å²) in [5.74, 6) is 0.416. The summed E-state index contributed by atoms with van der Waals surface area (Å²) in [6.07, 6.45) is 2.60. The van der Waals surface area contributed by atoms with Crippen LogP contribution >= 0.6 is 30.9 Å². The predicted molar refractivity (Wildman–Crippen MR) is 301 cm³/mol. The topological polar surface area (TPSA) is 145 Å². The summed E-state index contributed by atoms with van der Waals surface area (Å²) < 4.78 is 122. The molecule has 0 unspecified atom stereocenters. The number of sulfone groups is 2. The third-order valence-corrected chi connectivity index (χ3v) is 21.1. The minimum atomic E-state index is -5.94. The molecule has 6 aromatic rings. The molecule has 3 aliphatic rings. The van der Waals surface area contributed by atoms with Gasteiger partial charge in [0.1, 0.15) is 4.90 Å². The summed E-state index contributed by atoms with van der Waals surface area (Å²) in [6.45, 7) is 10.6. The lowest BCUT2D eigenvalue weighted by atomic mass is 10.00. The van der Waals surface area contributed by atoms with Crippen LogP contribution in [0.1, 0.15) is 44.8 Å². The zero-order chi connectivity index (χ0) is 54.2. The van der Waals surface area contributed by atoms with E-state index in [-0.39, 0.29) is 36.3 Å². The quantitative estimate of drug-likeness (QED) is 0.0661. The molecule has 2 atom stereocenters. The fourth-order valence-corrected chi connectivity index (χ4v) is 16.2. The van der Waals surface area contributed by atoms with Gasteiger partial charge in [-0.1, -0.05) is 54.1 Å². The first-order chi connectivity index (χ1) is 36.1. The van der Waals surface area contributed by atoms with Crippen molar-refractivity contribution >= 4 is 78.6 Å². The fraction of sp³-hybridized carbons (Fsp3) is 0.382. The van der Waals surface area contributed by atoms with Crippen LogP contribution in [0.5, 0.6) is 0 Å². The van der Waals surface area contributed by atoms with E-state index in [0.717, 1.165) is 39.2 Å². The van der Waals surface area contributed by atoms with Crippen LogP contribution in [-0.4, -0.2) is 120 Å². The van der Waals surface area contributed by atoms with Crippen LogP contribution in [0.15, 0.2) is 136 Å². The summed E-state index contributed by atoms with van der Waals surface area (Å²) in [6, 6.07) is 35.3. The van der Waals surface area contributed by atoms with Crippen molar-refractivity contribution in [3.63, 3.8) is 0 Å². The van der Waals surface area contributed by atoms with E-state index in [0.29, 0.717) is 97.7 Å². The summed E-state index contributed by atoms with van der Waals surface area (Å²) in [4.78, 5) is 6.88. The van der Waals surface area contributed by atoms with E-state index in [1.54, 1.807) is 24.3 Å². The molecule has 0 aliphatic carbocycles. The highest BCUT2D eigenvalue weighted by Crippen LogP contribution is 2.56. The number of aromatic nitrogens is 1. The van der Waals surface area contributed by atoms with Crippen molar-refractivity contribution in [3.05, 3.63) is 132 Å². The van der Waals surface area contributed by atoms with E-state index < -0.39 is 43.6 Å². The molecule has 0 amide bonds. The van der Waals surface area contributed by atoms with Crippen LogP contribution in [0.2, 0.25) is 5.02 Å². The molecule has 0 bridgehead atoms. The standard InChI is InChI=1S/C55H63ClF3N6O7PS3/c1-38(2)65-39(3)54(75(4,68)69)52(53(65)40-13-15-42(56)16-14-40)41-9-8-10-46(35-41)63-31-29-62(30-32-63)44-17-19-45(20-18-44)64-33-34-72-73(64,67)48-21-22-50(51(36-48)76(70,71)55(57,58)59)60-43(37-74-49-11-6-5-7-12-49)23-26-61-27-24-47(66)25-28-61/h5-22,35-36,38,43,47,60,66H,23-34,37H2,1-4H3/t43-,73+/m1/s1. The largest absolute Gasteiger partial charge is 0.501 e. The van der Waals surface area contributed by atoms with Gasteiger partial charge < -0.3 is 34.2 Å². The van der Waals surface area contributed by atoms with Crippen LogP contribution in [-0.2, 0) is 28.8 Å². The maximum atomic E-state index is 15.0. The molecule has 76 heavy (non-hydrogen) atoms. The Labute approximate surface area is 453 Å². The first kappa shape index (κ1) is 55.8. The molecule has 0 radical (unpaired) electrons. The summed E-state index contributed by atoms with van der Waals surface area (Å²) in [7, 11) is -13.7. The molecular formula is C55H63ClF3N6O7PS3. The van der Waals surface area contributed by atoms with Crippen molar-refractivity contribution in [1.82, 2.24) is 9.47 Å². The Bertz CT molecular complexity index is 3300. The lowest BCUT2D eigenvalue weighted by molar-refractivity contribution is -0.0435. The number of anilines is 4. The number of hydrogen-bond donors (Lipinski definition) is 2. The third-order valence-electron chi connectivity index (χ3n) is 14.4. The predicted octanol–water partition coefficient (Wildman–Crippen LogP) is 11.2. The number of benzene rings is 5. The summed E-state index contributed by atoms with van der Waals surface area (Å²) in [5.41, 5.74) is 0.192. The molecular weight excluding hydrogens is 1080 g/mol. The zero-order valence-corrected chi connectivity index (χ0v) is 46.9. The molecule has 4 heterocycles. The average Bonchev–Trinajstić information content (AvgIpc) is 3.96. The Morgan fingerprint density at radius 2 is 1.43 bits per heavy atom. The lowest BCUT2D eigenvalue weighted by Crippen LogP contribution is -2.46. The maximum Gasteiger partial charge on any atom is 0.501 e. The van der Waals surface area contributed by atoms with Crippen LogP contribution in [0.25, 0.3) is 22.4 Å². The smallest absolute Gasteiger partial charge is 0.393 e. The number of piperazine rings is 1. The van der Waals surface area contributed by atoms with Crippen molar-refractivity contribution in [2.45, 2.75) is 78.4 Å². The molecule has 0 spiro atoms. The Balaban J connectivity index is 0.929. The molecule has 0 saturated carbocycles. The van der Waals surface area contributed by atoms with E-state index in [9.17, 15) is 39.7 Å². The minimum absolute atomic E-state index is 0.00295. The van der Waals surface area contributed by atoms with Gasteiger partial charge in [-0.05, 0) is 130 Å². The van der Waals surface area contributed by atoms with Crippen LogP contribution in [0.3, 0.4) is 0 Å². The van der Waals surface area contributed by atoms with Crippen molar-refractivity contribution in [2.75, 3.05) is 90.8 Å². The van der Waals surface area contributed by atoms with E-state index in [4.69, 9.17) is 16.1 Å². The van der Waals surface area contributed by atoms with Crippen molar-refractivity contribution in [2.24, 2.45) is 0 Å². The van der Waals surface area contributed by atoms with Gasteiger partial charge in [-0.3, -0.25) is 9.24 Å². The van der Waals surface area contributed by atoms with Crippen molar-refractivity contribution in [3.8, 4) is 22.4 Å². The van der Waals surface area contributed by atoms with Gasteiger partial charge in [0, 0.05) is 108 Å².